The second-order valence-electron chi connectivity index (χ2n) is 5.15. The number of carbonyl (C=O) groups excluding carboxylic acids is 1. The van der Waals surface area contributed by atoms with Gasteiger partial charge in [-0.25, -0.2) is 0 Å². The number of carboxylic acid groups (broad SMARTS) is 1. The first kappa shape index (κ1) is 15.0. The van der Waals surface area contributed by atoms with Gasteiger partial charge in [-0.15, -0.1) is 0 Å². The molecule has 0 spiro atoms. The molecule has 0 saturated heterocycles. The molecule has 1 rings (SSSR count). The molecule has 1 aliphatic rings. The lowest BCUT2D eigenvalue weighted by Crippen LogP contribution is -2.53. The Kier molecular flexibility index (Phi) is 5.14. The van der Waals surface area contributed by atoms with Crippen LogP contribution in [0.2, 0.25) is 0 Å². The van der Waals surface area contributed by atoms with Crippen LogP contribution >= 0.6 is 0 Å². The molecule has 1 amide bonds. The van der Waals surface area contributed by atoms with Crippen molar-refractivity contribution in [3.05, 3.63) is 0 Å². The lowest BCUT2D eigenvalue weighted by Gasteiger charge is -2.35. The van der Waals surface area contributed by atoms with Gasteiger partial charge in [-0.2, -0.15) is 0 Å². The molecule has 2 unspecified atom stereocenters. The molecule has 0 heterocycles. The van der Waals surface area contributed by atoms with Gasteiger partial charge in [0.05, 0.1) is 5.92 Å². The zero-order valence-corrected chi connectivity index (χ0v) is 11.4. The van der Waals surface area contributed by atoms with Crippen LogP contribution < -0.4 is 5.32 Å². The Hall–Kier alpha value is -1.10. The highest BCUT2D eigenvalue weighted by atomic mass is 16.5. The van der Waals surface area contributed by atoms with E-state index < -0.39 is 23.5 Å². The molecule has 0 radical (unpaired) electrons. The molecular formula is C13H23NO4. The van der Waals surface area contributed by atoms with E-state index >= 15 is 0 Å². The van der Waals surface area contributed by atoms with E-state index in [1.807, 2.05) is 0 Å². The first-order chi connectivity index (χ1) is 8.43. The van der Waals surface area contributed by atoms with Gasteiger partial charge in [-0.3, -0.25) is 9.59 Å². The Balaban J connectivity index is 2.65. The molecule has 18 heavy (non-hydrogen) atoms. The molecule has 1 aliphatic carbocycles. The average molecular weight is 257 g/mol. The number of ether oxygens (including phenoxy) is 1. The van der Waals surface area contributed by atoms with Crippen molar-refractivity contribution in [2.75, 3.05) is 7.11 Å². The maximum Gasteiger partial charge on any atom is 0.308 e. The van der Waals surface area contributed by atoms with Crippen molar-refractivity contribution >= 4 is 11.9 Å². The highest BCUT2D eigenvalue weighted by Gasteiger charge is 2.40. The number of methoxy groups -OCH3 is 1. The minimum absolute atomic E-state index is 0.176. The van der Waals surface area contributed by atoms with Gasteiger partial charge in [0.2, 0.25) is 0 Å². The predicted molar refractivity (Wildman–Crippen MR) is 67.2 cm³/mol. The van der Waals surface area contributed by atoms with Gasteiger partial charge in [-0.1, -0.05) is 19.3 Å². The molecule has 1 fully saturated rings. The van der Waals surface area contributed by atoms with E-state index in [4.69, 9.17) is 9.84 Å². The summed E-state index contributed by atoms with van der Waals surface area (Å²) in [5, 5.41) is 11.7. The summed E-state index contributed by atoms with van der Waals surface area (Å²) in [4.78, 5) is 23.1. The summed E-state index contributed by atoms with van der Waals surface area (Å²) in [5.74, 6) is -1.69. The van der Waals surface area contributed by atoms with Crippen molar-refractivity contribution in [1.82, 2.24) is 5.32 Å². The Labute approximate surface area is 108 Å². The van der Waals surface area contributed by atoms with Crippen molar-refractivity contribution in [2.24, 2.45) is 5.92 Å². The highest BCUT2D eigenvalue weighted by Crippen LogP contribution is 2.31. The van der Waals surface area contributed by atoms with Crippen LogP contribution in [0.15, 0.2) is 0 Å². The van der Waals surface area contributed by atoms with Crippen molar-refractivity contribution < 1.29 is 19.4 Å². The van der Waals surface area contributed by atoms with Crippen molar-refractivity contribution in [3.63, 3.8) is 0 Å². The number of carboxylic acids is 1. The van der Waals surface area contributed by atoms with Gasteiger partial charge in [0.25, 0.3) is 5.91 Å². The van der Waals surface area contributed by atoms with Gasteiger partial charge in [-0.05, 0) is 26.7 Å². The van der Waals surface area contributed by atoms with E-state index in [-0.39, 0.29) is 5.91 Å². The quantitative estimate of drug-likeness (QED) is 0.783. The van der Waals surface area contributed by atoms with E-state index in [0.717, 1.165) is 19.3 Å². The fourth-order valence-corrected chi connectivity index (χ4v) is 2.32. The Morgan fingerprint density at radius 1 is 1.22 bits per heavy atom. The summed E-state index contributed by atoms with van der Waals surface area (Å²) in [7, 11) is 1.55. The monoisotopic (exact) mass is 257 g/mol. The average Bonchev–Trinajstić information content (AvgIpc) is 2.38. The van der Waals surface area contributed by atoms with Gasteiger partial charge in [0.15, 0.2) is 0 Å². The third-order valence-corrected chi connectivity index (χ3v) is 3.96. The van der Waals surface area contributed by atoms with Crippen molar-refractivity contribution in [3.8, 4) is 0 Å². The Morgan fingerprint density at radius 2 is 1.78 bits per heavy atom. The normalized spacial score (nSPS) is 21.9. The van der Waals surface area contributed by atoms with Gasteiger partial charge >= 0.3 is 5.97 Å². The van der Waals surface area contributed by atoms with Gasteiger partial charge in [0.1, 0.15) is 5.60 Å². The van der Waals surface area contributed by atoms with Crippen LogP contribution in [0.1, 0.15) is 46.0 Å². The number of hydrogen-bond donors (Lipinski definition) is 2. The zero-order valence-electron chi connectivity index (χ0n) is 11.4. The number of hydrogen-bond acceptors (Lipinski definition) is 3. The summed E-state index contributed by atoms with van der Waals surface area (Å²) in [6, 6.07) is -0.399. The van der Waals surface area contributed by atoms with E-state index in [1.54, 1.807) is 21.0 Å². The maximum absolute atomic E-state index is 12.3. The third-order valence-electron chi connectivity index (χ3n) is 3.96. The zero-order chi connectivity index (χ0) is 13.8. The van der Waals surface area contributed by atoms with Crippen molar-refractivity contribution in [2.45, 2.75) is 57.6 Å². The number of carbonyl (C=O) groups is 2. The topological polar surface area (TPSA) is 75.6 Å². The molecule has 0 aliphatic heterocycles. The summed E-state index contributed by atoms with van der Waals surface area (Å²) in [6.07, 6.45) is 4.50. The van der Waals surface area contributed by atoms with Crippen LogP contribution in [0.3, 0.4) is 0 Å². The molecule has 0 aromatic rings. The Morgan fingerprint density at radius 3 is 2.22 bits per heavy atom. The van der Waals surface area contributed by atoms with Gasteiger partial charge in [0, 0.05) is 13.2 Å². The molecule has 0 aromatic heterocycles. The van der Waals surface area contributed by atoms with Crippen LogP contribution in [0.4, 0.5) is 0 Å². The number of nitrogens with one attached hydrogen (secondary N) is 1. The maximum atomic E-state index is 12.3. The molecule has 5 nitrogen and oxygen atoms in total. The van der Waals surface area contributed by atoms with E-state index in [0.29, 0.717) is 12.8 Å². The van der Waals surface area contributed by atoms with E-state index in [9.17, 15) is 9.59 Å². The minimum atomic E-state index is -0.905. The van der Waals surface area contributed by atoms with E-state index in [2.05, 4.69) is 5.32 Å². The fourth-order valence-electron chi connectivity index (χ4n) is 2.32. The molecule has 0 bridgehead atoms. The summed E-state index contributed by atoms with van der Waals surface area (Å²) in [5.41, 5.74) is -0.759. The van der Waals surface area contributed by atoms with Crippen LogP contribution in [-0.4, -0.2) is 35.7 Å². The summed E-state index contributed by atoms with van der Waals surface area (Å²) < 4.78 is 5.42. The first-order valence-electron chi connectivity index (χ1n) is 6.52. The largest absolute Gasteiger partial charge is 0.481 e. The molecule has 2 atom stereocenters. The van der Waals surface area contributed by atoms with Crippen LogP contribution in [0.5, 0.6) is 0 Å². The summed E-state index contributed by atoms with van der Waals surface area (Å²) >= 11 is 0. The summed E-state index contributed by atoms with van der Waals surface area (Å²) in [6.45, 7) is 3.30. The number of amides is 1. The fraction of sp³-hybridized carbons (Fsp3) is 0.846. The molecule has 1 saturated carbocycles. The van der Waals surface area contributed by atoms with Crippen LogP contribution in [-0.2, 0) is 14.3 Å². The molecule has 2 N–H and O–H groups in total. The number of aliphatic carboxylic acids is 1. The van der Waals surface area contributed by atoms with E-state index in [1.165, 1.54) is 0 Å². The third kappa shape index (κ3) is 3.22. The predicted octanol–water partition coefficient (Wildman–Crippen LogP) is 1.56. The van der Waals surface area contributed by atoms with Crippen molar-refractivity contribution in [1.29, 1.82) is 0 Å². The second-order valence-corrected chi connectivity index (χ2v) is 5.15. The smallest absolute Gasteiger partial charge is 0.308 e. The molecular weight excluding hydrogens is 234 g/mol. The number of rotatable bonds is 5. The SMILES string of the molecule is COC1(C(=O)NC(C)C(C)C(=O)O)CCCCC1. The molecule has 0 aromatic carbocycles. The molecule has 5 heteroatoms. The Bertz CT molecular complexity index is 310. The lowest BCUT2D eigenvalue weighted by molar-refractivity contribution is -0.149. The first-order valence-corrected chi connectivity index (χ1v) is 6.52. The lowest BCUT2D eigenvalue weighted by atomic mass is 9.83. The minimum Gasteiger partial charge on any atom is -0.481 e. The second kappa shape index (κ2) is 6.18. The molecule has 104 valence electrons. The van der Waals surface area contributed by atoms with Crippen LogP contribution in [0.25, 0.3) is 0 Å². The highest BCUT2D eigenvalue weighted by molar-refractivity contribution is 5.86. The standard InChI is InChI=1S/C13H23NO4/c1-9(11(15)16)10(2)14-12(17)13(18-3)7-5-4-6-8-13/h9-10H,4-8H2,1-3H3,(H,14,17)(H,15,16). The van der Waals surface area contributed by atoms with Crippen LogP contribution in [0, 0.1) is 5.92 Å². The van der Waals surface area contributed by atoms with Gasteiger partial charge < -0.3 is 15.2 Å².